The maximum absolute atomic E-state index is 12.8. The Kier molecular flexibility index (Phi) is 7.56. The van der Waals surface area contributed by atoms with Crippen molar-refractivity contribution in [2.75, 3.05) is 16.6 Å². The number of carbonyl (C=O) groups is 2. The van der Waals surface area contributed by atoms with Crippen LogP contribution in [-0.4, -0.2) is 26.8 Å². The fourth-order valence-corrected chi connectivity index (χ4v) is 4.82. The fraction of sp³-hybridized carbons (Fsp3) is 0.417. The van der Waals surface area contributed by atoms with Gasteiger partial charge in [-0.15, -0.1) is 0 Å². The number of benzene rings is 2. The Morgan fingerprint density at radius 3 is 2.09 bits per heavy atom. The van der Waals surface area contributed by atoms with Crippen molar-refractivity contribution in [3.8, 4) is 0 Å². The zero-order chi connectivity index (χ0) is 23.2. The van der Waals surface area contributed by atoms with Gasteiger partial charge in [-0.2, -0.15) is 0 Å². The molecule has 0 heterocycles. The van der Waals surface area contributed by atoms with Crippen LogP contribution < -0.4 is 15.4 Å². The summed E-state index contributed by atoms with van der Waals surface area (Å²) in [7, 11) is -3.78. The molecule has 2 aromatic rings. The molecule has 3 rings (SSSR count). The van der Waals surface area contributed by atoms with Crippen molar-refractivity contribution < 1.29 is 18.0 Å². The van der Waals surface area contributed by atoms with Gasteiger partial charge in [-0.25, -0.2) is 8.42 Å². The van der Waals surface area contributed by atoms with E-state index in [-0.39, 0.29) is 16.7 Å². The number of nitrogens with one attached hydrogen (secondary N) is 3. The second-order valence-electron chi connectivity index (χ2n) is 8.15. The van der Waals surface area contributed by atoms with Crippen molar-refractivity contribution in [2.24, 2.45) is 0 Å². The second kappa shape index (κ2) is 10.2. The molecule has 0 unspecified atom stereocenters. The standard InChI is InChI=1S/C24H31N3O4S/c1-3-5-17-25-23(29)24(15-6-16-24)18-7-9-20(10-8-18)27-32(30,31)21-13-11-19(12-14-21)26-22(28)4-2/h7-14,27H,3-6,15-17H2,1-2H3,(H,25,29)(H,26,28). The lowest BCUT2D eigenvalue weighted by Gasteiger charge is -2.40. The highest BCUT2D eigenvalue weighted by atomic mass is 32.2. The van der Waals surface area contributed by atoms with E-state index in [2.05, 4.69) is 22.3 Å². The Balaban J connectivity index is 1.69. The molecular weight excluding hydrogens is 426 g/mol. The topological polar surface area (TPSA) is 104 Å². The molecule has 0 saturated heterocycles. The van der Waals surface area contributed by atoms with E-state index in [1.807, 2.05) is 12.1 Å². The molecule has 1 saturated carbocycles. The van der Waals surface area contributed by atoms with Crippen LogP contribution >= 0.6 is 0 Å². The van der Waals surface area contributed by atoms with Crippen molar-refractivity contribution in [3.05, 3.63) is 54.1 Å². The van der Waals surface area contributed by atoms with Crippen molar-refractivity contribution in [3.63, 3.8) is 0 Å². The lowest BCUT2D eigenvalue weighted by Crippen LogP contribution is -2.49. The normalized spacial score (nSPS) is 14.8. The van der Waals surface area contributed by atoms with Gasteiger partial charge in [0, 0.05) is 24.3 Å². The van der Waals surface area contributed by atoms with Gasteiger partial charge in [0.1, 0.15) is 0 Å². The quantitative estimate of drug-likeness (QED) is 0.466. The number of rotatable bonds is 10. The van der Waals surface area contributed by atoms with Crippen LogP contribution in [0.4, 0.5) is 11.4 Å². The minimum absolute atomic E-state index is 0.0563. The number of carbonyl (C=O) groups excluding carboxylic acids is 2. The molecule has 8 heteroatoms. The lowest BCUT2D eigenvalue weighted by atomic mass is 9.64. The summed E-state index contributed by atoms with van der Waals surface area (Å²) in [6.07, 6.45) is 4.93. The van der Waals surface area contributed by atoms with Crippen LogP contribution in [0.1, 0.15) is 57.9 Å². The smallest absolute Gasteiger partial charge is 0.261 e. The van der Waals surface area contributed by atoms with Gasteiger partial charge in [0.25, 0.3) is 10.0 Å². The first-order chi connectivity index (χ1) is 15.3. The highest BCUT2D eigenvalue weighted by Gasteiger charge is 2.45. The van der Waals surface area contributed by atoms with Gasteiger partial charge in [0.05, 0.1) is 10.3 Å². The Labute approximate surface area is 190 Å². The summed E-state index contributed by atoms with van der Waals surface area (Å²) in [5, 5.41) is 5.73. The van der Waals surface area contributed by atoms with Crippen LogP contribution in [-0.2, 0) is 25.0 Å². The molecule has 0 atom stereocenters. The summed E-state index contributed by atoms with van der Waals surface area (Å²) in [4.78, 5) is 24.4. The summed E-state index contributed by atoms with van der Waals surface area (Å²) in [6, 6.07) is 13.1. The van der Waals surface area contributed by atoms with E-state index in [4.69, 9.17) is 0 Å². The first kappa shape index (κ1) is 23.8. The van der Waals surface area contributed by atoms with E-state index in [0.29, 0.717) is 24.3 Å². The molecule has 1 aliphatic rings. The van der Waals surface area contributed by atoms with Gasteiger partial charge in [-0.1, -0.05) is 38.8 Å². The fourth-order valence-electron chi connectivity index (χ4n) is 3.76. The largest absolute Gasteiger partial charge is 0.355 e. The summed E-state index contributed by atoms with van der Waals surface area (Å²) in [5.41, 5.74) is 1.38. The number of hydrogen-bond acceptors (Lipinski definition) is 4. The third kappa shape index (κ3) is 5.30. The third-order valence-electron chi connectivity index (χ3n) is 5.92. The average molecular weight is 458 g/mol. The zero-order valence-corrected chi connectivity index (χ0v) is 19.4. The Morgan fingerprint density at radius 2 is 1.56 bits per heavy atom. The predicted molar refractivity (Wildman–Crippen MR) is 126 cm³/mol. The number of unbranched alkanes of at least 4 members (excludes halogenated alkanes) is 1. The third-order valence-corrected chi connectivity index (χ3v) is 7.31. The molecule has 2 amide bonds. The van der Waals surface area contributed by atoms with E-state index in [9.17, 15) is 18.0 Å². The van der Waals surface area contributed by atoms with Gasteiger partial charge >= 0.3 is 0 Å². The molecular formula is C24H31N3O4S. The number of anilines is 2. The first-order valence-corrected chi connectivity index (χ1v) is 12.6. The molecule has 0 radical (unpaired) electrons. The van der Waals surface area contributed by atoms with Gasteiger partial charge in [0.15, 0.2) is 0 Å². The van der Waals surface area contributed by atoms with E-state index >= 15 is 0 Å². The van der Waals surface area contributed by atoms with Crippen LogP contribution in [0.25, 0.3) is 0 Å². The van der Waals surface area contributed by atoms with Gasteiger partial charge < -0.3 is 10.6 Å². The van der Waals surface area contributed by atoms with E-state index in [0.717, 1.165) is 37.7 Å². The maximum Gasteiger partial charge on any atom is 0.261 e. The molecule has 32 heavy (non-hydrogen) atoms. The van der Waals surface area contributed by atoms with Crippen molar-refractivity contribution >= 4 is 33.2 Å². The Morgan fingerprint density at radius 1 is 0.938 bits per heavy atom. The number of amides is 2. The molecule has 3 N–H and O–H groups in total. The van der Waals surface area contributed by atoms with Crippen molar-refractivity contribution in [1.82, 2.24) is 5.32 Å². The van der Waals surface area contributed by atoms with Crippen molar-refractivity contribution in [1.29, 1.82) is 0 Å². The van der Waals surface area contributed by atoms with Crippen LogP contribution in [0.5, 0.6) is 0 Å². The summed E-state index contributed by atoms with van der Waals surface area (Å²) in [6.45, 7) is 4.51. The minimum atomic E-state index is -3.78. The molecule has 172 valence electrons. The van der Waals surface area contributed by atoms with E-state index in [1.165, 1.54) is 12.1 Å². The van der Waals surface area contributed by atoms with Gasteiger partial charge in [0.2, 0.25) is 11.8 Å². The maximum atomic E-state index is 12.8. The Hall–Kier alpha value is -2.87. The number of sulfonamides is 1. The summed E-state index contributed by atoms with van der Waals surface area (Å²) in [5.74, 6) is -0.0807. The first-order valence-electron chi connectivity index (χ1n) is 11.1. The molecule has 0 aromatic heterocycles. The zero-order valence-electron chi connectivity index (χ0n) is 18.6. The molecule has 1 fully saturated rings. The van der Waals surface area contributed by atoms with Crippen LogP contribution in [0.2, 0.25) is 0 Å². The second-order valence-corrected chi connectivity index (χ2v) is 9.84. The molecule has 0 bridgehead atoms. The summed E-state index contributed by atoms with van der Waals surface area (Å²) >= 11 is 0. The van der Waals surface area contributed by atoms with Gasteiger partial charge in [-0.05, 0) is 61.2 Å². The van der Waals surface area contributed by atoms with Crippen LogP contribution in [0.15, 0.2) is 53.4 Å². The summed E-state index contributed by atoms with van der Waals surface area (Å²) < 4.78 is 28.0. The molecule has 1 aliphatic carbocycles. The predicted octanol–water partition coefficient (Wildman–Crippen LogP) is 4.17. The van der Waals surface area contributed by atoms with E-state index < -0.39 is 15.4 Å². The Bertz CT molecular complexity index is 1040. The molecule has 2 aromatic carbocycles. The SMILES string of the molecule is CCCCNC(=O)C1(c2ccc(NS(=O)(=O)c3ccc(NC(=O)CC)cc3)cc2)CCC1. The minimum Gasteiger partial charge on any atom is -0.355 e. The van der Waals surface area contributed by atoms with Gasteiger partial charge in [-0.3, -0.25) is 14.3 Å². The highest BCUT2D eigenvalue weighted by molar-refractivity contribution is 7.92. The van der Waals surface area contributed by atoms with E-state index in [1.54, 1.807) is 31.2 Å². The molecule has 0 aliphatic heterocycles. The van der Waals surface area contributed by atoms with Crippen molar-refractivity contribution in [2.45, 2.75) is 62.7 Å². The molecule has 7 nitrogen and oxygen atoms in total. The molecule has 0 spiro atoms. The monoisotopic (exact) mass is 457 g/mol. The average Bonchev–Trinajstić information content (AvgIpc) is 2.74. The van der Waals surface area contributed by atoms with Crippen LogP contribution in [0, 0.1) is 0 Å². The lowest BCUT2D eigenvalue weighted by molar-refractivity contribution is -0.129. The highest BCUT2D eigenvalue weighted by Crippen LogP contribution is 2.44. The number of hydrogen-bond donors (Lipinski definition) is 3. The van der Waals surface area contributed by atoms with Crippen LogP contribution in [0.3, 0.4) is 0 Å².